The predicted molar refractivity (Wildman–Crippen MR) is 61.9 cm³/mol. The van der Waals surface area contributed by atoms with Gasteiger partial charge in [0.1, 0.15) is 0 Å². The maximum atomic E-state index is 11.2. The van der Waals surface area contributed by atoms with Crippen LogP contribution in [-0.4, -0.2) is 5.78 Å². The summed E-state index contributed by atoms with van der Waals surface area (Å²) >= 11 is 0. The third kappa shape index (κ3) is 1.87. The molecule has 1 aromatic carbocycles. The Bertz CT molecular complexity index is 417. The summed E-state index contributed by atoms with van der Waals surface area (Å²) in [6, 6.07) is 8.41. The Kier molecular flexibility index (Phi) is 2.47. The molecular formula is C14H16O. The van der Waals surface area contributed by atoms with Gasteiger partial charge in [-0.15, -0.1) is 0 Å². The van der Waals surface area contributed by atoms with E-state index < -0.39 is 0 Å². The predicted octanol–water partition coefficient (Wildman–Crippen LogP) is 3.17. The highest BCUT2D eigenvalue weighted by Crippen LogP contribution is 2.35. The van der Waals surface area contributed by atoms with Crippen molar-refractivity contribution in [2.24, 2.45) is 0 Å². The summed E-state index contributed by atoms with van der Waals surface area (Å²) in [7, 11) is 0. The van der Waals surface area contributed by atoms with E-state index in [2.05, 4.69) is 44.2 Å². The first-order valence-corrected chi connectivity index (χ1v) is 5.40. The number of allylic oxidation sites excluding steroid dienone is 2. The second-order valence-electron chi connectivity index (χ2n) is 4.53. The third-order valence-electron chi connectivity index (χ3n) is 3.29. The number of aryl methyl sites for hydroxylation is 1. The minimum atomic E-state index is 0.0409. The SMILES string of the molecule is Cc1ccccc1[C@]1(C)C=CC(=O)CC1. The lowest BCUT2D eigenvalue weighted by atomic mass is 9.73. The van der Waals surface area contributed by atoms with Crippen LogP contribution in [0.5, 0.6) is 0 Å². The molecule has 0 saturated heterocycles. The van der Waals surface area contributed by atoms with Gasteiger partial charge in [0, 0.05) is 11.8 Å². The van der Waals surface area contributed by atoms with Crippen molar-refractivity contribution in [3.8, 4) is 0 Å². The van der Waals surface area contributed by atoms with Crippen LogP contribution in [-0.2, 0) is 10.2 Å². The number of carbonyl (C=O) groups is 1. The molecule has 0 spiro atoms. The van der Waals surface area contributed by atoms with Crippen molar-refractivity contribution in [1.82, 2.24) is 0 Å². The highest BCUT2D eigenvalue weighted by Gasteiger charge is 2.28. The van der Waals surface area contributed by atoms with Crippen LogP contribution >= 0.6 is 0 Å². The Hall–Kier alpha value is -1.37. The van der Waals surface area contributed by atoms with Crippen molar-refractivity contribution in [2.45, 2.75) is 32.1 Å². The fraction of sp³-hybridized carbons (Fsp3) is 0.357. The van der Waals surface area contributed by atoms with Gasteiger partial charge < -0.3 is 0 Å². The van der Waals surface area contributed by atoms with Crippen molar-refractivity contribution in [2.75, 3.05) is 0 Å². The van der Waals surface area contributed by atoms with Crippen molar-refractivity contribution in [3.05, 3.63) is 47.5 Å². The lowest BCUT2D eigenvalue weighted by molar-refractivity contribution is -0.115. The number of hydrogen-bond donors (Lipinski definition) is 0. The summed E-state index contributed by atoms with van der Waals surface area (Å²) in [5.41, 5.74) is 2.69. The third-order valence-corrected chi connectivity index (χ3v) is 3.29. The molecule has 0 fully saturated rings. The molecule has 1 aliphatic rings. The monoisotopic (exact) mass is 200 g/mol. The minimum Gasteiger partial charge on any atom is -0.295 e. The standard InChI is InChI=1S/C14H16O/c1-11-5-3-4-6-13(11)14(2)9-7-12(15)8-10-14/h3-7,9H,8,10H2,1-2H3/t14-/m1/s1. The van der Waals surface area contributed by atoms with Gasteiger partial charge in [-0.05, 0) is 30.5 Å². The molecular weight excluding hydrogens is 184 g/mol. The molecule has 1 atom stereocenters. The number of benzene rings is 1. The number of rotatable bonds is 1. The van der Waals surface area contributed by atoms with Gasteiger partial charge >= 0.3 is 0 Å². The van der Waals surface area contributed by atoms with Crippen LogP contribution in [0, 0.1) is 6.92 Å². The lowest BCUT2D eigenvalue weighted by Gasteiger charge is -2.30. The Labute approximate surface area is 90.8 Å². The Morgan fingerprint density at radius 3 is 2.60 bits per heavy atom. The normalized spacial score (nSPS) is 25.6. The first-order chi connectivity index (χ1) is 7.12. The van der Waals surface area contributed by atoms with Crippen molar-refractivity contribution < 1.29 is 4.79 Å². The molecule has 78 valence electrons. The largest absolute Gasteiger partial charge is 0.295 e. The van der Waals surface area contributed by atoms with Crippen molar-refractivity contribution >= 4 is 5.78 Å². The maximum Gasteiger partial charge on any atom is 0.155 e. The van der Waals surface area contributed by atoms with Crippen LogP contribution in [0.15, 0.2) is 36.4 Å². The van der Waals surface area contributed by atoms with E-state index >= 15 is 0 Å². The molecule has 1 heteroatoms. The summed E-state index contributed by atoms with van der Waals surface area (Å²) < 4.78 is 0. The van der Waals surface area contributed by atoms with E-state index in [0.29, 0.717) is 6.42 Å². The van der Waals surface area contributed by atoms with E-state index in [1.807, 2.05) is 0 Å². The summed E-state index contributed by atoms with van der Waals surface area (Å²) in [6.45, 7) is 4.34. The van der Waals surface area contributed by atoms with Crippen LogP contribution in [0.25, 0.3) is 0 Å². The fourth-order valence-corrected chi connectivity index (χ4v) is 2.26. The van der Waals surface area contributed by atoms with Crippen molar-refractivity contribution in [1.29, 1.82) is 0 Å². The topological polar surface area (TPSA) is 17.1 Å². The van der Waals surface area contributed by atoms with Crippen LogP contribution in [0.2, 0.25) is 0 Å². The molecule has 1 nitrogen and oxygen atoms in total. The summed E-state index contributed by atoms with van der Waals surface area (Å²) in [5, 5.41) is 0. The van der Waals surface area contributed by atoms with E-state index in [4.69, 9.17) is 0 Å². The van der Waals surface area contributed by atoms with Crippen LogP contribution < -0.4 is 0 Å². The summed E-state index contributed by atoms with van der Waals surface area (Å²) in [4.78, 5) is 11.2. The van der Waals surface area contributed by atoms with E-state index in [1.54, 1.807) is 6.08 Å². The Morgan fingerprint density at radius 1 is 1.27 bits per heavy atom. The second-order valence-corrected chi connectivity index (χ2v) is 4.53. The molecule has 0 heterocycles. The van der Waals surface area contributed by atoms with Gasteiger partial charge in [-0.1, -0.05) is 37.3 Å². The molecule has 2 rings (SSSR count). The molecule has 1 aliphatic carbocycles. The van der Waals surface area contributed by atoms with Gasteiger partial charge in [-0.3, -0.25) is 4.79 Å². The Balaban J connectivity index is 2.42. The Morgan fingerprint density at radius 2 is 2.00 bits per heavy atom. The molecule has 0 unspecified atom stereocenters. The molecule has 0 N–H and O–H groups in total. The maximum absolute atomic E-state index is 11.2. The van der Waals surface area contributed by atoms with Crippen LogP contribution in [0.4, 0.5) is 0 Å². The molecule has 15 heavy (non-hydrogen) atoms. The number of carbonyl (C=O) groups excluding carboxylic acids is 1. The summed E-state index contributed by atoms with van der Waals surface area (Å²) in [6.07, 6.45) is 5.38. The van der Waals surface area contributed by atoms with Gasteiger partial charge in [0.05, 0.1) is 0 Å². The van der Waals surface area contributed by atoms with E-state index in [1.165, 1.54) is 11.1 Å². The van der Waals surface area contributed by atoms with Crippen LogP contribution in [0.1, 0.15) is 30.9 Å². The zero-order chi connectivity index (χ0) is 10.9. The molecule has 1 aromatic rings. The highest BCUT2D eigenvalue weighted by atomic mass is 16.1. The molecule has 0 radical (unpaired) electrons. The molecule has 0 bridgehead atoms. The minimum absolute atomic E-state index is 0.0409. The van der Waals surface area contributed by atoms with Gasteiger partial charge in [-0.2, -0.15) is 0 Å². The van der Waals surface area contributed by atoms with E-state index in [-0.39, 0.29) is 11.2 Å². The average Bonchev–Trinajstić information content (AvgIpc) is 2.23. The van der Waals surface area contributed by atoms with Crippen molar-refractivity contribution in [3.63, 3.8) is 0 Å². The molecule has 0 amide bonds. The average molecular weight is 200 g/mol. The number of hydrogen-bond acceptors (Lipinski definition) is 1. The van der Waals surface area contributed by atoms with E-state index in [0.717, 1.165) is 6.42 Å². The molecule has 0 aliphatic heterocycles. The number of ketones is 1. The first-order valence-electron chi connectivity index (χ1n) is 5.40. The molecule has 0 saturated carbocycles. The second kappa shape index (κ2) is 3.65. The fourth-order valence-electron chi connectivity index (χ4n) is 2.26. The van der Waals surface area contributed by atoms with Gasteiger partial charge in [0.15, 0.2) is 5.78 Å². The van der Waals surface area contributed by atoms with Crippen LogP contribution in [0.3, 0.4) is 0 Å². The molecule has 0 aromatic heterocycles. The van der Waals surface area contributed by atoms with Gasteiger partial charge in [0.25, 0.3) is 0 Å². The first kappa shape index (κ1) is 10.2. The van der Waals surface area contributed by atoms with Gasteiger partial charge in [0.2, 0.25) is 0 Å². The zero-order valence-corrected chi connectivity index (χ0v) is 9.29. The lowest BCUT2D eigenvalue weighted by Crippen LogP contribution is -2.24. The smallest absolute Gasteiger partial charge is 0.155 e. The van der Waals surface area contributed by atoms with E-state index in [9.17, 15) is 4.79 Å². The van der Waals surface area contributed by atoms with Gasteiger partial charge in [-0.25, -0.2) is 0 Å². The quantitative estimate of drug-likeness (QED) is 0.680. The summed E-state index contributed by atoms with van der Waals surface area (Å²) in [5.74, 6) is 0.251. The highest BCUT2D eigenvalue weighted by molar-refractivity contribution is 5.91. The zero-order valence-electron chi connectivity index (χ0n) is 9.29.